The van der Waals surface area contributed by atoms with E-state index in [4.69, 9.17) is 11.6 Å². The molecule has 4 rings (SSSR count). The second-order valence-corrected chi connectivity index (χ2v) is 4.77. The molecule has 0 atom stereocenters. The molecule has 3 heteroatoms. The maximum atomic E-state index is 6.21. The number of nitrogens with zero attached hydrogens (tertiary/aromatic N) is 1. The van der Waals surface area contributed by atoms with Crippen LogP contribution in [0.3, 0.4) is 0 Å². The number of hydrogen-bond acceptors (Lipinski definition) is 1. The van der Waals surface area contributed by atoms with Crippen molar-refractivity contribution in [3.8, 4) is 11.4 Å². The minimum absolute atomic E-state index is 0.748. The van der Waals surface area contributed by atoms with Crippen molar-refractivity contribution in [2.75, 3.05) is 0 Å². The zero-order chi connectivity index (χ0) is 12.1. The lowest BCUT2D eigenvalue weighted by Gasteiger charge is -2.05. The molecule has 18 heavy (non-hydrogen) atoms. The molecule has 0 saturated carbocycles. The number of H-pyrrole nitrogens is 1. The predicted molar refractivity (Wildman–Crippen MR) is 75.2 cm³/mol. The summed E-state index contributed by atoms with van der Waals surface area (Å²) >= 11 is 6.21. The van der Waals surface area contributed by atoms with Gasteiger partial charge >= 0.3 is 0 Å². The van der Waals surface area contributed by atoms with Crippen LogP contribution in [0.1, 0.15) is 0 Å². The van der Waals surface area contributed by atoms with Gasteiger partial charge in [0.25, 0.3) is 0 Å². The summed E-state index contributed by atoms with van der Waals surface area (Å²) in [6.07, 6.45) is 0. The Labute approximate surface area is 109 Å². The molecular formula is C15H9ClN2. The summed E-state index contributed by atoms with van der Waals surface area (Å²) in [5, 5.41) is 2.90. The third-order valence-corrected chi connectivity index (χ3v) is 3.59. The van der Waals surface area contributed by atoms with Crippen LogP contribution in [0.4, 0.5) is 0 Å². The van der Waals surface area contributed by atoms with Gasteiger partial charge in [-0.05, 0) is 24.3 Å². The number of fused-ring (bicyclic) bond motifs is 4. The van der Waals surface area contributed by atoms with Gasteiger partial charge < -0.3 is 4.98 Å². The van der Waals surface area contributed by atoms with Gasteiger partial charge in [-0.3, -0.25) is 0 Å². The van der Waals surface area contributed by atoms with E-state index in [1.54, 1.807) is 0 Å². The standard InChI is InChI=1S/C15H9ClN2/c16-11-5-3-7-13-10(11)8-14-15(18-13)9-4-1-2-6-12(9)17-14/h1-8,18H. The first-order chi connectivity index (χ1) is 8.83. The lowest BCUT2D eigenvalue weighted by atomic mass is 10.1. The van der Waals surface area contributed by atoms with Crippen molar-refractivity contribution >= 4 is 33.4 Å². The molecule has 1 N–H and O–H groups in total. The maximum absolute atomic E-state index is 6.21. The molecule has 0 saturated heterocycles. The second kappa shape index (κ2) is 3.47. The first-order valence-corrected chi connectivity index (χ1v) is 6.16. The van der Waals surface area contributed by atoms with Crippen molar-refractivity contribution in [2.45, 2.75) is 0 Å². The number of halogens is 1. The summed E-state index contributed by atoms with van der Waals surface area (Å²) in [6.45, 7) is 0. The average Bonchev–Trinajstić information content (AvgIpc) is 2.75. The number of aromatic nitrogens is 2. The molecule has 2 aromatic carbocycles. The van der Waals surface area contributed by atoms with Crippen LogP contribution >= 0.6 is 11.6 Å². The molecule has 2 aliphatic heterocycles. The van der Waals surface area contributed by atoms with Crippen LogP contribution in [-0.4, -0.2) is 9.97 Å². The third kappa shape index (κ3) is 1.27. The predicted octanol–water partition coefficient (Wildman–Crippen LogP) is 4.47. The van der Waals surface area contributed by atoms with Crippen LogP contribution in [0.15, 0.2) is 48.5 Å². The van der Waals surface area contributed by atoms with Crippen molar-refractivity contribution in [2.24, 2.45) is 0 Å². The molecule has 0 unspecified atom stereocenters. The summed E-state index contributed by atoms with van der Waals surface area (Å²) in [5.41, 5.74) is 4.07. The van der Waals surface area contributed by atoms with Gasteiger partial charge in [0.2, 0.25) is 0 Å². The molecule has 0 aromatic heterocycles. The minimum Gasteiger partial charge on any atom is -0.353 e. The minimum atomic E-state index is 0.748. The highest BCUT2D eigenvalue weighted by atomic mass is 35.5. The van der Waals surface area contributed by atoms with Gasteiger partial charge in [0, 0.05) is 21.3 Å². The van der Waals surface area contributed by atoms with Crippen molar-refractivity contribution in [1.29, 1.82) is 0 Å². The fourth-order valence-electron chi connectivity index (χ4n) is 2.41. The van der Waals surface area contributed by atoms with Crippen LogP contribution in [0, 0.1) is 0 Å². The fourth-order valence-corrected chi connectivity index (χ4v) is 2.64. The molecule has 0 amide bonds. The van der Waals surface area contributed by atoms with Crippen LogP contribution in [-0.2, 0) is 0 Å². The number of rotatable bonds is 0. The summed E-state index contributed by atoms with van der Waals surface area (Å²) in [7, 11) is 0. The van der Waals surface area contributed by atoms with Gasteiger partial charge in [-0.15, -0.1) is 0 Å². The van der Waals surface area contributed by atoms with Crippen LogP contribution in [0.25, 0.3) is 33.2 Å². The number of aromatic amines is 1. The summed E-state index contributed by atoms with van der Waals surface area (Å²) in [6, 6.07) is 16.1. The normalized spacial score (nSPS) is 11.6. The zero-order valence-corrected chi connectivity index (χ0v) is 10.2. The number of hydrogen-bond donors (Lipinski definition) is 1. The Morgan fingerprint density at radius 1 is 0.944 bits per heavy atom. The van der Waals surface area contributed by atoms with Gasteiger partial charge in [0.15, 0.2) is 0 Å². The lowest BCUT2D eigenvalue weighted by molar-refractivity contribution is 1.37. The fraction of sp³-hybridized carbons (Fsp3) is 0. The topological polar surface area (TPSA) is 28.7 Å². The Morgan fingerprint density at radius 2 is 1.83 bits per heavy atom. The van der Waals surface area contributed by atoms with Crippen LogP contribution in [0.5, 0.6) is 0 Å². The van der Waals surface area contributed by atoms with Gasteiger partial charge in [0.05, 0.1) is 16.9 Å². The Balaban J connectivity index is 2.24. The van der Waals surface area contributed by atoms with E-state index in [0.29, 0.717) is 0 Å². The van der Waals surface area contributed by atoms with Crippen LogP contribution in [0.2, 0.25) is 5.02 Å². The van der Waals surface area contributed by atoms with Crippen molar-refractivity contribution in [3.05, 3.63) is 53.6 Å². The van der Waals surface area contributed by atoms with Gasteiger partial charge in [-0.1, -0.05) is 35.9 Å². The largest absolute Gasteiger partial charge is 0.353 e. The third-order valence-electron chi connectivity index (χ3n) is 3.26. The van der Waals surface area contributed by atoms with E-state index in [9.17, 15) is 0 Å². The molecular weight excluding hydrogens is 244 g/mol. The quantitative estimate of drug-likeness (QED) is 0.491. The van der Waals surface area contributed by atoms with Crippen LogP contribution < -0.4 is 0 Å². The monoisotopic (exact) mass is 252 g/mol. The number of pyridine rings is 1. The van der Waals surface area contributed by atoms with E-state index in [1.165, 1.54) is 0 Å². The lowest BCUT2D eigenvalue weighted by Crippen LogP contribution is -1.86. The summed E-state index contributed by atoms with van der Waals surface area (Å²) < 4.78 is 0. The summed E-state index contributed by atoms with van der Waals surface area (Å²) in [5.74, 6) is 0. The van der Waals surface area contributed by atoms with E-state index in [1.807, 2.05) is 42.5 Å². The molecule has 0 spiro atoms. The Bertz CT molecular complexity index is 848. The summed E-state index contributed by atoms with van der Waals surface area (Å²) in [4.78, 5) is 8.04. The Morgan fingerprint density at radius 3 is 2.78 bits per heavy atom. The van der Waals surface area contributed by atoms with Gasteiger partial charge in [-0.25, -0.2) is 4.98 Å². The number of benzene rings is 2. The molecule has 2 aliphatic rings. The van der Waals surface area contributed by atoms with E-state index in [2.05, 4.69) is 16.0 Å². The van der Waals surface area contributed by atoms with Crippen molar-refractivity contribution in [1.82, 2.24) is 9.97 Å². The van der Waals surface area contributed by atoms with E-state index < -0.39 is 0 Å². The second-order valence-electron chi connectivity index (χ2n) is 4.36. The highest BCUT2D eigenvalue weighted by Crippen LogP contribution is 2.33. The smallest absolute Gasteiger partial charge is 0.0886 e. The van der Waals surface area contributed by atoms with Gasteiger partial charge in [-0.2, -0.15) is 0 Å². The van der Waals surface area contributed by atoms with Crippen molar-refractivity contribution in [3.63, 3.8) is 0 Å². The SMILES string of the molecule is Clc1cccc2[nH]c3c4ccccc4nc-3cc12. The molecule has 0 aliphatic carbocycles. The maximum Gasteiger partial charge on any atom is 0.0886 e. The highest BCUT2D eigenvalue weighted by Gasteiger charge is 2.13. The average molecular weight is 253 g/mol. The molecule has 2 nitrogen and oxygen atoms in total. The van der Waals surface area contributed by atoms with Gasteiger partial charge in [0.1, 0.15) is 0 Å². The molecule has 0 fully saturated rings. The number of nitrogens with one attached hydrogen (secondary N) is 1. The highest BCUT2D eigenvalue weighted by molar-refractivity contribution is 6.35. The molecule has 2 heterocycles. The Kier molecular flexibility index (Phi) is 1.91. The molecule has 2 aromatic rings. The molecule has 86 valence electrons. The molecule has 0 radical (unpaired) electrons. The van der Waals surface area contributed by atoms with E-state index in [0.717, 1.165) is 38.2 Å². The molecule has 0 bridgehead atoms. The van der Waals surface area contributed by atoms with E-state index >= 15 is 0 Å². The number of para-hydroxylation sites is 1. The first kappa shape index (κ1) is 9.92. The van der Waals surface area contributed by atoms with E-state index in [-0.39, 0.29) is 0 Å². The zero-order valence-electron chi connectivity index (χ0n) is 9.44. The van der Waals surface area contributed by atoms with Crippen molar-refractivity contribution < 1.29 is 0 Å². The first-order valence-electron chi connectivity index (χ1n) is 5.78. The Hall–Kier alpha value is -2.06.